The molecule has 0 fully saturated rings. The Kier molecular flexibility index (Phi) is 2.52. The number of imide groups is 1. The third-order valence-electron chi connectivity index (χ3n) is 3.60. The Morgan fingerprint density at radius 3 is 2.17 bits per heavy atom. The van der Waals surface area contributed by atoms with Gasteiger partial charge in [-0.2, -0.15) is 0 Å². The summed E-state index contributed by atoms with van der Waals surface area (Å²) in [6.07, 6.45) is 0. The number of hydrogen-bond acceptors (Lipinski definition) is 7. The molecule has 0 saturated heterocycles. The number of fused-ring (bicyclic) bond motifs is 2. The molecule has 1 aliphatic heterocycles. The van der Waals surface area contributed by atoms with Crippen molar-refractivity contribution in [1.29, 1.82) is 0 Å². The molecule has 0 aliphatic carbocycles. The van der Waals surface area contributed by atoms with Gasteiger partial charge in [-0.25, -0.2) is 9.53 Å². The minimum atomic E-state index is -0.640. The van der Waals surface area contributed by atoms with Gasteiger partial charge < -0.3 is 0 Å². The summed E-state index contributed by atoms with van der Waals surface area (Å²) in [4.78, 5) is 36.2. The number of nitro groups is 1. The Balaban J connectivity index is 1.94. The lowest BCUT2D eigenvalue weighted by Gasteiger charge is -2.13. The van der Waals surface area contributed by atoms with Crippen molar-refractivity contribution in [2.24, 2.45) is 0 Å². The number of anilines is 1. The maximum absolute atomic E-state index is 12.5. The smallest absolute Gasteiger partial charge is 0.268 e. The van der Waals surface area contributed by atoms with Crippen molar-refractivity contribution in [1.82, 2.24) is 10.3 Å². The fourth-order valence-corrected chi connectivity index (χ4v) is 2.58. The number of amides is 2. The van der Waals surface area contributed by atoms with E-state index < -0.39 is 16.7 Å². The maximum Gasteiger partial charge on any atom is 0.300 e. The van der Waals surface area contributed by atoms with E-state index in [2.05, 4.69) is 14.9 Å². The Labute approximate surface area is 127 Å². The highest BCUT2D eigenvalue weighted by Gasteiger charge is 2.38. The van der Waals surface area contributed by atoms with E-state index in [1.54, 1.807) is 24.3 Å². The van der Waals surface area contributed by atoms with Gasteiger partial charge in [0.05, 0.1) is 21.7 Å². The van der Waals surface area contributed by atoms with Gasteiger partial charge in [0.1, 0.15) is 0 Å². The predicted molar refractivity (Wildman–Crippen MR) is 76.0 cm³/mol. The fraction of sp³-hybridized carbons (Fsp3) is 0. The first-order chi connectivity index (χ1) is 11.1. The second-order valence-electron chi connectivity index (χ2n) is 4.81. The van der Waals surface area contributed by atoms with Crippen LogP contribution in [0.2, 0.25) is 0 Å². The molecule has 2 aromatic carbocycles. The number of carbonyl (C=O) groups excluding carboxylic acids is 2. The van der Waals surface area contributed by atoms with Gasteiger partial charge in [0.25, 0.3) is 11.8 Å². The number of hydrogen-bond donors (Lipinski definition) is 0. The van der Waals surface area contributed by atoms with Gasteiger partial charge >= 0.3 is 5.69 Å². The lowest BCUT2D eigenvalue weighted by Crippen LogP contribution is -2.29. The lowest BCUT2D eigenvalue weighted by atomic mass is 10.1. The van der Waals surface area contributed by atoms with Crippen LogP contribution in [-0.4, -0.2) is 27.1 Å². The van der Waals surface area contributed by atoms with E-state index in [1.807, 2.05) is 0 Å². The number of carbonyl (C=O) groups is 2. The minimum Gasteiger partial charge on any atom is -0.268 e. The zero-order valence-corrected chi connectivity index (χ0v) is 11.3. The zero-order valence-electron chi connectivity index (χ0n) is 11.3. The van der Waals surface area contributed by atoms with Crippen LogP contribution in [0.4, 0.5) is 11.4 Å². The fourth-order valence-electron chi connectivity index (χ4n) is 2.58. The molecule has 1 aromatic heterocycles. The average Bonchev–Trinajstić information content (AvgIpc) is 3.12. The second-order valence-corrected chi connectivity index (χ2v) is 4.81. The topological polar surface area (TPSA) is 119 Å². The van der Waals surface area contributed by atoms with E-state index in [0.717, 1.165) is 11.0 Å². The highest BCUT2D eigenvalue weighted by Crippen LogP contribution is 2.35. The molecule has 0 N–H and O–H groups in total. The highest BCUT2D eigenvalue weighted by molar-refractivity contribution is 6.35. The summed E-state index contributed by atoms with van der Waals surface area (Å²) in [5.74, 6) is -1.05. The molecule has 0 saturated carbocycles. The van der Waals surface area contributed by atoms with Crippen LogP contribution in [0.25, 0.3) is 11.0 Å². The molecule has 0 bridgehead atoms. The van der Waals surface area contributed by atoms with E-state index in [4.69, 9.17) is 0 Å². The highest BCUT2D eigenvalue weighted by atomic mass is 16.6. The molecule has 3 aromatic rings. The molecule has 2 heterocycles. The Hall–Kier alpha value is -3.62. The summed E-state index contributed by atoms with van der Waals surface area (Å²) >= 11 is 0. The molecule has 0 radical (unpaired) electrons. The quantitative estimate of drug-likeness (QED) is 0.403. The van der Waals surface area contributed by atoms with Gasteiger partial charge in [0.15, 0.2) is 5.52 Å². The largest absolute Gasteiger partial charge is 0.300 e. The molecular weight excluding hydrogens is 304 g/mol. The zero-order chi connectivity index (χ0) is 16.1. The molecular formula is C14H6N4O5. The van der Waals surface area contributed by atoms with Crippen molar-refractivity contribution in [2.45, 2.75) is 0 Å². The molecule has 9 nitrogen and oxygen atoms in total. The van der Waals surface area contributed by atoms with Crippen molar-refractivity contribution >= 4 is 34.2 Å². The molecule has 0 unspecified atom stereocenters. The molecule has 4 rings (SSSR count). The van der Waals surface area contributed by atoms with Crippen LogP contribution in [0.5, 0.6) is 0 Å². The van der Waals surface area contributed by atoms with Crippen LogP contribution < -0.4 is 4.90 Å². The van der Waals surface area contributed by atoms with E-state index in [-0.39, 0.29) is 33.5 Å². The maximum atomic E-state index is 12.5. The molecule has 2 amide bonds. The number of aromatic nitrogens is 2. The summed E-state index contributed by atoms with van der Waals surface area (Å²) in [7, 11) is 0. The lowest BCUT2D eigenvalue weighted by molar-refractivity contribution is -0.383. The van der Waals surface area contributed by atoms with E-state index >= 15 is 0 Å². The van der Waals surface area contributed by atoms with Crippen LogP contribution in [0, 0.1) is 10.1 Å². The number of nitrogens with zero attached hydrogens (tertiary/aromatic N) is 4. The summed E-state index contributed by atoms with van der Waals surface area (Å²) in [5.41, 5.74) is 0.165. The Morgan fingerprint density at radius 2 is 1.57 bits per heavy atom. The van der Waals surface area contributed by atoms with Crippen molar-refractivity contribution in [3.63, 3.8) is 0 Å². The first-order valence-electron chi connectivity index (χ1n) is 6.47. The molecule has 23 heavy (non-hydrogen) atoms. The van der Waals surface area contributed by atoms with Gasteiger partial charge in [-0.15, -0.1) is 0 Å². The van der Waals surface area contributed by atoms with Crippen molar-refractivity contribution in [2.75, 3.05) is 4.90 Å². The second kappa shape index (κ2) is 4.44. The predicted octanol–water partition coefficient (Wildman–Crippen LogP) is 1.93. The Bertz CT molecular complexity index is 974. The molecule has 0 atom stereocenters. The van der Waals surface area contributed by atoms with Crippen LogP contribution in [0.3, 0.4) is 0 Å². The number of benzene rings is 2. The minimum absolute atomic E-state index is 0.0197. The first kappa shape index (κ1) is 13.1. The molecule has 9 heteroatoms. The van der Waals surface area contributed by atoms with Gasteiger partial charge in [-0.3, -0.25) is 19.7 Å². The molecule has 1 aliphatic rings. The number of nitro benzene ring substituents is 1. The summed E-state index contributed by atoms with van der Waals surface area (Å²) in [5, 5.41) is 18.1. The van der Waals surface area contributed by atoms with Crippen LogP contribution in [0.15, 0.2) is 41.0 Å². The normalized spacial score (nSPS) is 13.7. The van der Waals surface area contributed by atoms with Crippen molar-refractivity contribution < 1.29 is 19.1 Å². The molecule has 0 spiro atoms. The van der Waals surface area contributed by atoms with E-state index in [1.165, 1.54) is 6.07 Å². The van der Waals surface area contributed by atoms with E-state index in [0.29, 0.717) is 0 Å². The Morgan fingerprint density at radius 1 is 0.957 bits per heavy atom. The molecule has 112 valence electrons. The first-order valence-corrected chi connectivity index (χ1v) is 6.47. The summed E-state index contributed by atoms with van der Waals surface area (Å²) in [6, 6.07) is 8.82. The van der Waals surface area contributed by atoms with Crippen LogP contribution in [-0.2, 0) is 0 Å². The van der Waals surface area contributed by atoms with Gasteiger partial charge in [-0.1, -0.05) is 12.1 Å². The van der Waals surface area contributed by atoms with Crippen LogP contribution in [0.1, 0.15) is 20.7 Å². The van der Waals surface area contributed by atoms with E-state index in [9.17, 15) is 19.7 Å². The summed E-state index contributed by atoms with van der Waals surface area (Å²) < 4.78 is 4.55. The van der Waals surface area contributed by atoms with Gasteiger partial charge in [-0.05, 0) is 28.5 Å². The number of non-ortho nitro benzene ring substituents is 1. The SMILES string of the molecule is O=C1c2ccccc2C(=O)N1c1ccc([N+](=O)[O-])c2nonc12. The third-order valence-corrected chi connectivity index (χ3v) is 3.60. The number of rotatable bonds is 2. The van der Waals surface area contributed by atoms with Crippen LogP contribution >= 0.6 is 0 Å². The van der Waals surface area contributed by atoms with Gasteiger partial charge in [0, 0.05) is 6.07 Å². The summed E-state index contributed by atoms with van der Waals surface area (Å²) in [6.45, 7) is 0. The third kappa shape index (κ3) is 1.67. The van der Waals surface area contributed by atoms with Crippen molar-refractivity contribution in [3.8, 4) is 0 Å². The van der Waals surface area contributed by atoms with Gasteiger partial charge in [0.2, 0.25) is 5.52 Å². The average molecular weight is 310 g/mol. The van der Waals surface area contributed by atoms with Crippen molar-refractivity contribution in [3.05, 3.63) is 57.6 Å². The standard InChI is InChI=1S/C14H6N4O5/c19-13-7-3-1-2-4-8(7)14(20)17(13)9-5-6-10(18(21)22)12-11(9)15-23-16-12/h1-6H. The monoisotopic (exact) mass is 310 g/mol.